The number of benzene rings is 1. The van der Waals surface area contributed by atoms with Gasteiger partial charge in [-0.1, -0.05) is 18.1 Å². The minimum atomic E-state index is 0.275. The minimum Gasteiger partial charge on any atom is -0.484 e. The highest BCUT2D eigenvalue weighted by Crippen LogP contribution is 2.45. The van der Waals surface area contributed by atoms with Crippen LogP contribution in [0.25, 0.3) is 0 Å². The van der Waals surface area contributed by atoms with Crippen molar-refractivity contribution in [2.24, 2.45) is 5.92 Å². The lowest BCUT2D eigenvalue weighted by molar-refractivity contribution is 0.242. The highest BCUT2D eigenvalue weighted by atomic mass is 16.5. The fourth-order valence-electron chi connectivity index (χ4n) is 1.91. The molecule has 3 rings (SSSR count). The molecule has 1 aliphatic rings. The highest BCUT2D eigenvalue weighted by molar-refractivity contribution is 5.43. The third kappa shape index (κ3) is 2.30. The van der Waals surface area contributed by atoms with Crippen molar-refractivity contribution in [1.82, 2.24) is 10.1 Å². The van der Waals surface area contributed by atoms with Gasteiger partial charge in [-0.15, -0.1) is 0 Å². The van der Waals surface area contributed by atoms with E-state index in [1.54, 1.807) is 6.07 Å². The second kappa shape index (κ2) is 4.33. The van der Waals surface area contributed by atoms with Crippen molar-refractivity contribution < 1.29 is 9.26 Å². The third-order valence-electron chi connectivity index (χ3n) is 3.15. The molecule has 2 atom stereocenters. The van der Waals surface area contributed by atoms with Crippen molar-refractivity contribution in [3.63, 3.8) is 0 Å². The van der Waals surface area contributed by atoms with Crippen LogP contribution in [0.2, 0.25) is 0 Å². The Bertz CT molecular complexity index is 553. The maximum Gasteiger partial charge on any atom is 0.264 e. The predicted molar refractivity (Wildman–Crippen MR) is 66.0 cm³/mol. The summed E-state index contributed by atoms with van der Waals surface area (Å²) in [5.41, 5.74) is 6.34. The van der Waals surface area contributed by atoms with E-state index in [1.807, 2.05) is 18.2 Å². The Morgan fingerprint density at radius 1 is 1.50 bits per heavy atom. The predicted octanol–water partition coefficient (Wildman–Crippen LogP) is 2.35. The van der Waals surface area contributed by atoms with E-state index in [9.17, 15) is 0 Å². The molecule has 0 aliphatic heterocycles. The Hall–Kier alpha value is -2.04. The first kappa shape index (κ1) is 11.1. The maximum atomic E-state index is 5.66. The largest absolute Gasteiger partial charge is 0.484 e. The van der Waals surface area contributed by atoms with Gasteiger partial charge in [0.15, 0.2) is 12.4 Å². The molecule has 0 spiro atoms. The zero-order valence-corrected chi connectivity index (χ0v) is 10.2. The monoisotopic (exact) mass is 245 g/mol. The van der Waals surface area contributed by atoms with Gasteiger partial charge in [0, 0.05) is 17.7 Å². The molecule has 0 bridgehead atoms. The van der Waals surface area contributed by atoms with E-state index in [4.69, 9.17) is 15.0 Å². The SMILES string of the molecule is CC1CC1c1noc(COc2cccc(N)c2)n1. The molecule has 1 saturated carbocycles. The second-order valence-electron chi connectivity index (χ2n) is 4.73. The van der Waals surface area contributed by atoms with Gasteiger partial charge < -0.3 is 15.0 Å². The summed E-state index contributed by atoms with van der Waals surface area (Å²) in [5.74, 6) is 3.15. The Morgan fingerprint density at radius 3 is 3.06 bits per heavy atom. The molecule has 1 heterocycles. The molecular formula is C13H15N3O2. The molecule has 1 aromatic carbocycles. The number of aromatic nitrogens is 2. The number of anilines is 1. The van der Waals surface area contributed by atoms with Gasteiger partial charge in [-0.05, 0) is 24.5 Å². The summed E-state index contributed by atoms with van der Waals surface area (Å²) in [6.45, 7) is 2.46. The number of rotatable bonds is 4. The van der Waals surface area contributed by atoms with Crippen molar-refractivity contribution in [2.75, 3.05) is 5.73 Å². The van der Waals surface area contributed by atoms with Crippen molar-refractivity contribution in [2.45, 2.75) is 25.9 Å². The maximum absolute atomic E-state index is 5.66. The Balaban J connectivity index is 1.61. The smallest absolute Gasteiger partial charge is 0.264 e. The van der Waals surface area contributed by atoms with Crippen LogP contribution in [0, 0.1) is 5.92 Å². The number of nitrogens with two attached hydrogens (primary N) is 1. The summed E-state index contributed by atoms with van der Waals surface area (Å²) in [6.07, 6.45) is 1.15. The van der Waals surface area contributed by atoms with Crippen LogP contribution >= 0.6 is 0 Å². The molecule has 2 unspecified atom stereocenters. The molecule has 1 aliphatic carbocycles. The van der Waals surface area contributed by atoms with Crippen LogP contribution in [0.3, 0.4) is 0 Å². The molecule has 0 radical (unpaired) electrons. The van der Waals surface area contributed by atoms with Crippen LogP contribution in [0.15, 0.2) is 28.8 Å². The standard InChI is InChI=1S/C13H15N3O2/c1-8-5-11(8)13-15-12(18-16-13)7-17-10-4-2-3-9(14)6-10/h2-4,6,8,11H,5,7,14H2,1H3. The van der Waals surface area contributed by atoms with Crippen molar-refractivity contribution in [3.8, 4) is 5.75 Å². The summed E-state index contributed by atoms with van der Waals surface area (Å²) in [5, 5.41) is 3.97. The lowest BCUT2D eigenvalue weighted by atomic mass is 10.3. The summed E-state index contributed by atoms with van der Waals surface area (Å²) in [4.78, 5) is 4.33. The van der Waals surface area contributed by atoms with E-state index in [1.165, 1.54) is 0 Å². The van der Waals surface area contributed by atoms with E-state index in [-0.39, 0.29) is 6.61 Å². The van der Waals surface area contributed by atoms with Gasteiger partial charge >= 0.3 is 0 Å². The number of ether oxygens (including phenoxy) is 1. The van der Waals surface area contributed by atoms with Crippen molar-refractivity contribution in [3.05, 3.63) is 36.0 Å². The topological polar surface area (TPSA) is 74.2 Å². The van der Waals surface area contributed by atoms with E-state index < -0.39 is 0 Å². The summed E-state index contributed by atoms with van der Waals surface area (Å²) in [7, 11) is 0. The van der Waals surface area contributed by atoms with Crippen LogP contribution in [0.1, 0.15) is 31.0 Å². The van der Waals surface area contributed by atoms with Crippen LogP contribution in [-0.2, 0) is 6.61 Å². The molecule has 1 fully saturated rings. The molecule has 5 nitrogen and oxygen atoms in total. The molecule has 0 amide bonds. The van der Waals surface area contributed by atoms with Gasteiger partial charge in [0.25, 0.3) is 5.89 Å². The summed E-state index contributed by atoms with van der Waals surface area (Å²) < 4.78 is 10.7. The number of nitrogens with zero attached hydrogens (tertiary/aromatic N) is 2. The third-order valence-corrected chi connectivity index (χ3v) is 3.15. The zero-order valence-electron chi connectivity index (χ0n) is 10.2. The van der Waals surface area contributed by atoms with Crippen LogP contribution in [-0.4, -0.2) is 10.1 Å². The lowest BCUT2D eigenvalue weighted by Gasteiger charge is -2.03. The quantitative estimate of drug-likeness (QED) is 0.837. The van der Waals surface area contributed by atoms with Gasteiger partial charge in [-0.25, -0.2) is 0 Å². The van der Waals surface area contributed by atoms with Gasteiger partial charge in [0.2, 0.25) is 0 Å². The zero-order chi connectivity index (χ0) is 12.5. The van der Waals surface area contributed by atoms with Gasteiger partial charge in [0.05, 0.1) is 0 Å². The van der Waals surface area contributed by atoms with Gasteiger partial charge in [-0.3, -0.25) is 0 Å². The fraction of sp³-hybridized carbons (Fsp3) is 0.385. The summed E-state index contributed by atoms with van der Waals surface area (Å²) >= 11 is 0. The average molecular weight is 245 g/mol. The number of hydrogen-bond acceptors (Lipinski definition) is 5. The fourth-order valence-corrected chi connectivity index (χ4v) is 1.91. The first-order valence-corrected chi connectivity index (χ1v) is 6.03. The van der Waals surface area contributed by atoms with Crippen molar-refractivity contribution in [1.29, 1.82) is 0 Å². The van der Waals surface area contributed by atoms with E-state index >= 15 is 0 Å². The van der Waals surface area contributed by atoms with Gasteiger partial charge in [0.1, 0.15) is 5.75 Å². The first-order valence-electron chi connectivity index (χ1n) is 6.03. The molecule has 2 aromatic rings. The highest BCUT2D eigenvalue weighted by Gasteiger charge is 2.38. The van der Waals surface area contributed by atoms with Crippen LogP contribution in [0.5, 0.6) is 5.75 Å². The Morgan fingerprint density at radius 2 is 2.33 bits per heavy atom. The molecule has 94 valence electrons. The number of hydrogen-bond donors (Lipinski definition) is 1. The van der Waals surface area contributed by atoms with Crippen LogP contribution in [0.4, 0.5) is 5.69 Å². The van der Waals surface area contributed by atoms with E-state index in [0.717, 1.165) is 12.2 Å². The molecule has 18 heavy (non-hydrogen) atoms. The van der Waals surface area contributed by atoms with E-state index in [0.29, 0.717) is 29.2 Å². The average Bonchev–Trinajstić information content (AvgIpc) is 2.91. The molecule has 0 saturated heterocycles. The minimum absolute atomic E-state index is 0.275. The van der Waals surface area contributed by atoms with E-state index in [2.05, 4.69) is 17.1 Å². The Kier molecular flexibility index (Phi) is 2.66. The van der Waals surface area contributed by atoms with Gasteiger partial charge in [-0.2, -0.15) is 4.98 Å². The van der Waals surface area contributed by atoms with Crippen LogP contribution < -0.4 is 10.5 Å². The lowest BCUT2D eigenvalue weighted by Crippen LogP contribution is -1.96. The molecule has 1 aromatic heterocycles. The normalized spacial score (nSPS) is 21.8. The molecular weight excluding hydrogens is 230 g/mol. The molecule has 5 heteroatoms. The summed E-state index contributed by atoms with van der Waals surface area (Å²) in [6, 6.07) is 7.26. The Labute approximate surface area is 105 Å². The molecule has 2 N–H and O–H groups in total. The van der Waals surface area contributed by atoms with Crippen molar-refractivity contribution >= 4 is 5.69 Å². The first-order chi connectivity index (χ1) is 8.72. The number of nitrogen functional groups attached to an aromatic ring is 1. The second-order valence-corrected chi connectivity index (χ2v) is 4.73.